The molecule has 0 aromatic heterocycles. The van der Waals surface area contributed by atoms with Crippen molar-refractivity contribution in [2.75, 3.05) is 11.9 Å². The van der Waals surface area contributed by atoms with Crippen LogP contribution >= 0.6 is 0 Å². The van der Waals surface area contributed by atoms with Gasteiger partial charge in [-0.2, -0.15) is 0 Å². The summed E-state index contributed by atoms with van der Waals surface area (Å²) >= 11 is 0. The monoisotopic (exact) mass is 375 g/mol. The summed E-state index contributed by atoms with van der Waals surface area (Å²) in [5.74, 6) is -0.904. The Balaban J connectivity index is 1.62. The lowest BCUT2D eigenvalue weighted by atomic mass is 10.0. The Morgan fingerprint density at radius 1 is 0.893 bits per heavy atom. The molecule has 0 saturated heterocycles. The molecular weight excluding hydrogens is 354 g/mol. The second-order valence-corrected chi connectivity index (χ2v) is 6.40. The van der Waals surface area contributed by atoms with Crippen LogP contribution in [0.2, 0.25) is 0 Å². The fraction of sp³-hybridized carbons (Fsp3) is 0.174. The predicted molar refractivity (Wildman–Crippen MR) is 109 cm³/mol. The zero-order valence-electron chi connectivity index (χ0n) is 15.6. The van der Waals surface area contributed by atoms with Crippen LogP contribution in [0.3, 0.4) is 0 Å². The van der Waals surface area contributed by atoms with Crippen molar-refractivity contribution < 1.29 is 19.1 Å². The molecule has 5 nitrogen and oxygen atoms in total. The largest absolute Gasteiger partial charge is 0.454 e. The molecule has 0 saturated carbocycles. The van der Waals surface area contributed by atoms with Crippen molar-refractivity contribution in [2.45, 2.75) is 19.8 Å². The van der Waals surface area contributed by atoms with Gasteiger partial charge < -0.3 is 10.1 Å². The number of hydrogen-bond donors (Lipinski definition) is 1. The standard InChI is InChI=1S/C23H21NO4/c1-2-6-22(26)24-18-13-11-17(12-14-18)21(25)15-28-23(27)20-10-5-8-16-7-3-4-9-19(16)20/h3-5,7-14H,2,6,15H2,1H3,(H,24,26). The Morgan fingerprint density at radius 3 is 2.36 bits per heavy atom. The molecule has 142 valence electrons. The van der Waals surface area contributed by atoms with Crippen molar-refractivity contribution in [1.29, 1.82) is 0 Å². The zero-order valence-corrected chi connectivity index (χ0v) is 15.6. The Morgan fingerprint density at radius 2 is 1.61 bits per heavy atom. The van der Waals surface area contributed by atoms with Crippen LogP contribution in [0.5, 0.6) is 0 Å². The molecule has 1 N–H and O–H groups in total. The summed E-state index contributed by atoms with van der Waals surface area (Å²) in [6, 6.07) is 19.4. The molecular formula is C23H21NO4. The molecule has 3 aromatic rings. The van der Waals surface area contributed by atoms with Gasteiger partial charge in [0.1, 0.15) is 0 Å². The first kappa shape index (κ1) is 19.3. The first-order valence-corrected chi connectivity index (χ1v) is 9.16. The van der Waals surface area contributed by atoms with Gasteiger partial charge in [0.25, 0.3) is 0 Å². The number of carbonyl (C=O) groups is 3. The number of ether oxygens (including phenoxy) is 1. The Bertz CT molecular complexity index is 1000. The highest BCUT2D eigenvalue weighted by molar-refractivity contribution is 6.06. The summed E-state index contributed by atoms with van der Waals surface area (Å²) in [7, 11) is 0. The number of esters is 1. The van der Waals surface area contributed by atoms with E-state index in [1.165, 1.54) is 0 Å². The molecule has 5 heteroatoms. The minimum Gasteiger partial charge on any atom is -0.454 e. The van der Waals surface area contributed by atoms with Crippen molar-refractivity contribution in [3.8, 4) is 0 Å². The average Bonchev–Trinajstić information content (AvgIpc) is 2.72. The molecule has 0 aliphatic rings. The average molecular weight is 375 g/mol. The lowest BCUT2D eigenvalue weighted by Crippen LogP contribution is -2.15. The molecule has 0 spiro atoms. The molecule has 3 aromatic carbocycles. The predicted octanol–water partition coefficient (Wildman–Crippen LogP) is 4.62. The van der Waals surface area contributed by atoms with E-state index in [0.29, 0.717) is 23.2 Å². The van der Waals surface area contributed by atoms with E-state index in [0.717, 1.165) is 17.2 Å². The first-order chi connectivity index (χ1) is 13.6. The molecule has 0 unspecified atom stereocenters. The second kappa shape index (κ2) is 8.95. The van der Waals surface area contributed by atoms with Crippen LogP contribution in [0.25, 0.3) is 10.8 Å². The topological polar surface area (TPSA) is 72.5 Å². The summed E-state index contributed by atoms with van der Waals surface area (Å²) in [4.78, 5) is 36.3. The maximum atomic E-state index is 12.4. The van der Waals surface area contributed by atoms with Gasteiger partial charge in [-0.15, -0.1) is 0 Å². The van der Waals surface area contributed by atoms with Gasteiger partial charge in [-0.05, 0) is 47.5 Å². The van der Waals surface area contributed by atoms with Crippen LogP contribution in [0.4, 0.5) is 5.69 Å². The van der Waals surface area contributed by atoms with Crippen molar-refractivity contribution in [2.24, 2.45) is 0 Å². The minimum absolute atomic E-state index is 0.0643. The van der Waals surface area contributed by atoms with Crippen LogP contribution in [-0.2, 0) is 9.53 Å². The van der Waals surface area contributed by atoms with Crippen molar-refractivity contribution in [1.82, 2.24) is 0 Å². The van der Waals surface area contributed by atoms with Gasteiger partial charge in [-0.3, -0.25) is 9.59 Å². The molecule has 1 amide bonds. The maximum absolute atomic E-state index is 12.4. The summed E-state index contributed by atoms with van der Waals surface area (Å²) in [6.45, 7) is 1.59. The van der Waals surface area contributed by atoms with Crippen LogP contribution < -0.4 is 5.32 Å². The molecule has 0 fully saturated rings. The van der Waals surface area contributed by atoms with Crippen molar-refractivity contribution >= 4 is 34.1 Å². The smallest absolute Gasteiger partial charge is 0.339 e. The van der Waals surface area contributed by atoms with E-state index in [1.807, 2.05) is 37.3 Å². The van der Waals surface area contributed by atoms with Crippen molar-refractivity contribution in [3.63, 3.8) is 0 Å². The SMILES string of the molecule is CCCC(=O)Nc1ccc(C(=O)COC(=O)c2cccc3ccccc23)cc1. The van der Waals surface area contributed by atoms with E-state index in [9.17, 15) is 14.4 Å². The number of rotatable bonds is 7. The molecule has 3 rings (SSSR count). The molecule has 0 radical (unpaired) electrons. The third-order valence-corrected chi connectivity index (χ3v) is 4.31. The van der Waals surface area contributed by atoms with Gasteiger partial charge in [0.15, 0.2) is 12.4 Å². The van der Waals surface area contributed by atoms with Gasteiger partial charge in [-0.1, -0.05) is 43.3 Å². The maximum Gasteiger partial charge on any atom is 0.339 e. The number of anilines is 1. The van der Waals surface area contributed by atoms with Crippen LogP contribution in [0, 0.1) is 0 Å². The molecule has 28 heavy (non-hydrogen) atoms. The quantitative estimate of drug-likeness (QED) is 0.483. The highest BCUT2D eigenvalue weighted by Crippen LogP contribution is 2.19. The fourth-order valence-electron chi connectivity index (χ4n) is 2.89. The third kappa shape index (κ3) is 4.62. The second-order valence-electron chi connectivity index (χ2n) is 6.40. The van der Waals surface area contributed by atoms with Crippen LogP contribution in [0.15, 0.2) is 66.7 Å². The van der Waals surface area contributed by atoms with E-state index in [4.69, 9.17) is 4.74 Å². The van der Waals surface area contributed by atoms with Gasteiger partial charge in [0.05, 0.1) is 5.56 Å². The molecule has 0 aliphatic carbocycles. The molecule has 0 heterocycles. The van der Waals surface area contributed by atoms with Gasteiger partial charge in [0, 0.05) is 17.7 Å². The first-order valence-electron chi connectivity index (χ1n) is 9.16. The fourth-order valence-corrected chi connectivity index (χ4v) is 2.89. The zero-order chi connectivity index (χ0) is 19.9. The Hall–Kier alpha value is -3.47. The number of fused-ring (bicyclic) bond motifs is 1. The Labute approximate surface area is 163 Å². The van der Waals surface area contributed by atoms with Gasteiger partial charge >= 0.3 is 5.97 Å². The summed E-state index contributed by atoms with van der Waals surface area (Å²) in [6.07, 6.45) is 1.22. The lowest BCUT2D eigenvalue weighted by molar-refractivity contribution is -0.116. The van der Waals surface area contributed by atoms with Gasteiger partial charge in [0.2, 0.25) is 5.91 Å². The van der Waals surface area contributed by atoms with E-state index in [1.54, 1.807) is 36.4 Å². The number of amides is 1. The van der Waals surface area contributed by atoms with E-state index < -0.39 is 5.97 Å². The van der Waals surface area contributed by atoms with E-state index >= 15 is 0 Å². The minimum atomic E-state index is -0.534. The number of carbonyl (C=O) groups excluding carboxylic acids is 3. The highest BCUT2D eigenvalue weighted by Gasteiger charge is 2.14. The molecule has 0 bridgehead atoms. The van der Waals surface area contributed by atoms with E-state index in [-0.39, 0.29) is 18.3 Å². The van der Waals surface area contributed by atoms with E-state index in [2.05, 4.69) is 5.32 Å². The van der Waals surface area contributed by atoms with Crippen LogP contribution in [0.1, 0.15) is 40.5 Å². The molecule has 0 atom stereocenters. The summed E-state index contributed by atoms with van der Waals surface area (Å²) in [5.41, 5.74) is 1.47. The molecule has 0 aliphatic heterocycles. The Kier molecular flexibility index (Phi) is 6.17. The number of benzene rings is 3. The summed E-state index contributed by atoms with van der Waals surface area (Å²) in [5, 5.41) is 4.48. The number of hydrogen-bond acceptors (Lipinski definition) is 4. The number of Topliss-reactive ketones (excluding diaryl/α,β-unsaturated/α-hetero) is 1. The number of ketones is 1. The van der Waals surface area contributed by atoms with Gasteiger partial charge in [-0.25, -0.2) is 4.79 Å². The third-order valence-electron chi connectivity index (χ3n) is 4.31. The summed E-state index contributed by atoms with van der Waals surface area (Å²) < 4.78 is 5.22. The lowest BCUT2D eigenvalue weighted by Gasteiger charge is -2.08. The normalized spacial score (nSPS) is 10.5. The van der Waals surface area contributed by atoms with Crippen LogP contribution in [-0.4, -0.2) is 24.3 Å². The highest BCUT2D eigenvalue weighted by atomic mass is 16.5. The van der Waals surface area contributed by atoms with Crippen molar-refractivity contribution in [3.05, 3.63) is 77.9 Å². The number of nitrogens with one attached hydrogen (secondary N) is 1.